The van der Waals surface area contributed by atoms with Gasteiger partial charge in [-0.15, -0.1) is 10.2 Å². The van der Waals surface area contributed by atoms with Crippen LogP contribution in [0, 0.1) is 13.8 Å². The molecule has 2 heterocycles. The minimum atomic E-state index is -0.262. The molecular weight excluding hydrogens is 396 g/mol. The van der Waals surface area contributed by atoms with Gasteiger partial charge in [0.1, 0.15) is 0 Å². The first-order chi connectivity index (χ1) is 14.5. The molecule has 0 saturated carbocycles. The molecule has 1 fully saturated rings. The van der Waals surface area contributed by atoms with Crippen molar-refractivity contribution in [2.75, 3.05) is 26.3 Å². The van der Waals surface area contributed by atoms with Crippen molar-refractivity contribution >= 4 is 17.7 Å². The SMILES string of the molecule is Cc1ccc(-c2nnc(SC(C)C(=O)N3CCOCC3)n2-c2ccc(C)cc2)cc1. The Hall–Kier alpha value is -2.64. The summed E-state index contributed by atoms with van der Waals surface area (Å²) in [5.74, 6) is 0.881. The summed E-state index contributed by atoms with van der Waals surface area (Å²) in [5.41, 5.74) is 4.36. The Morgan fingerprint density at radius 3 is 2.20 bits per heavy atom. The molecule has 1 aromatic heterocycles. The zero-order chi connectivity index (χ0) is 21.1. The molecular formula is C23H26N4O2S. The minimum absolute atomic E-state index is 0.110. The van der Waals surface area contributed by atoms with Crippen LogP contribution < -0.4 is 0 Å². The van der Waals surface area contributed by atoms with E-state index in [1.807, 2.05) is 16.4 Å². The minimum Gasteiger partial charge on any atom is -0.378 e. The number of aryl methyl sites for hydroxylation is 2. The third kappa shape index (κ3) is 4.42. The second-order valence-electron chi connectivity index (χ2n) is 7.54. The van der Waals surface area contributed by atoms with E-state index in [-0.39, 0.29) is 11.2 Å². The fraction of sp³-hybridized carbons (Fsp3) is 0.348. The first-order valence-electron chi connectivity index (χ1n) is 10.2. The van der Waals surface area contributed by atoms with Crippen LogP contribution in [0.1, 0.15) is 18.1 Å². The van der Waals surface area contributed by atoms with E-state index in [0.717, 1.165) is 17.1 Å². The molecule has 0 aliphatic carbocycles. The highest BCUT2D eigenvalue weighted by molar-refractivity contribution is 8.00. The lowest BCUT2D eigenvalue weighted by Crippen LogP contribution is -2.44. The molecule has 156 valence electrons. The molecule has 1 aliphatic heterocycles. The summed E-state index contributed by atoms with van der Waals surface area (Å²) in [5, 5.41) is 9.40. The van der Waals surface area contributed by atoms with Crippen molar-refractivity contribution < 1.29 is 9.53 Å². The van der Waals surface area contributed by atoms with Crippen molar-refractivity contribution in [3.63, 3.8) is 0 Å². The van der Waals surface area contributed by atoms with E-state index >= 15 is 0 Å². The third-order valence-corrected chi connectivity index (χ3v) is 6.22. The largest absolute Gasteiger partial charge is 0.378 e. The van der Waals surface area contributed by atoms with Crippen molar-refractivity contribution in [2.45, 2.75) is 31.2 Å². The predicted octanol–water partition coefficient (Wildman–Crippen LogP) is 3.89. The molecule has 1 aliphatic rings. The molecule has 4 rings (SSSR count). The number of morpholine rings is 1. The molecule has 30 heavy (non-hydrogen) atoms. The summed E-state index contributed by atoms with van der Waals surface area (Å²) in [4.78, 5) is 14.8. The van der Waals surface area contributed by atoms with Gasteiger partial charge >= 0.3 is 0 Å². The second-order valence-corrected chi connectivity index (χ2v) is 8.85. The Morgan fingerprint density at radius 2 is 1.57 bits per heavy atom. The highest BCUT2D eigenvalue weighted by Crippen LogP contribution is 2.31. The van der Waals surface area contributed by atoms with Gasteiger partial charge in [-0.1, -0.05) is 59.3 Å². The molecule has 0 spiro atoms. The van der Waals surface area contributed by atoms with E-state index in [1.165, 1.54) is 22.9 Å². The smallest absolute Gasteiger partial charge is 0.236 e. The molecule has 1 atom stereocenters. The Labute approximate surface area is 181 Å². The van der Waals surface area contributed by atoms with Gasteiger partial charge in [0.05, 0.1) is 18.5 Å². The van der Waals surface area contributed by atoms with Crippen LogP contribution in [0.5, 0.6) is 0 Å². The van der Waals surface area contributed by atoms with E-state index < -0.39 is 0 Å². The lowest BCUT2D eigenvalue weighted by molar-refractivity contribution is -0.134. The van der Waals surface area contributed by atoms with Gasteiger partial charge in [0.25, 0.3) is 0 Å². The highest BCUT2D eigenvalue weighted by atomic mass is 32.2. The van der Waals surface area contributed by atoms with Crippen LogP contribution in [0.25, 0.3) is 17.1 Å². The van der Waals surface area contributed by atoms with Gasteiger partial charge in [-0.3, -0.25) is 9.36 Å². The van der Waals surface area contributed by atoms with Crippen molar-refractivity contribution in [2.24, 2.45) is 0 Å². The molecule has 1 amide bonds. The molecule has 1 unspecified atom stereocenters. The number of ether oxygens (including phenoxy) is 1. The number of benzene rings is 2. The van der Waals surface area contributed by atoms with Gasteiger partial charge in [0, 0.05) is 24.3 Å². The standard InChI is InChI=1S/C23H26N4O2S/c1-16-4-8-19(9-5-16)21-24-25-23(27(21)20-10-6-17(2)7-11-20)30-18(3)22(28)26-12-14-29-15-13-26/h4-11,18H,12-15H2,1-3H3. The van der Waals surface area contributed by atoms with Crippen LogP contribution >= 0.6 is 11.8 Å². The number of carbonyl (C=O) groups excluding carboxylic acids is 1. The van der Waals surface area contributed by atoms with Gasteiger partial charge in [0.2, 0.25) is 5.91 Å². The quantitative estimate of drug-likeness (QED) is 0.584. The normalized spacial score (nSPS) is 15.2. The number of aromatic nitrogens is 3. The topological polar surface area (TPSA) is 60.3 Å². The van der Waals surface area contributed by atoms with Crippen molar-refractivity contribution in [3.8, 4) is 17.1 Å². The first-order valence-corrected chi connectivity index (χ1v) is 11.0. The molecule has 2 aromatic carbocycles. The maximum atomic E-state index is 12.9. The van der Waals surface area contributed by atoms with Crippen LogP contribution in [0.15, 0.2) is 53.7 Å². The highest BCUT2D eigenvalue weighted by Gasteiger charge is 2.26. The first kappa shape index (κ1) is 20.6. The number of thioether (sulfide) groups is 1. The maximum Gasteiger partial charge on any atom is 0.236 e. The molecule has 0 bridgehead atoms. The van der Waals surface area contributed by atoms with Crippen molar-refractivity contribution in [1.29, 1.82) is 0 Å². The fourth-order valence-electron chi connectivity index (χ4n) is 3.41. The average molecular weight is 423 g/mol. The average Bonchev–Trinajstić information content (AvgIpc) is 3.18. The number of carbonyl (C=O) groups is 1. The van der Waals surface area contributed by atoms with Crippen LogP contribution in [0.3, 0.4) is 0 Å². The Balaban J connectivity index is 1.67. The molecule has 1 saturated heterocycles. The van der Waals surface area contributed by atoms with E-state index in [1.54, 1.807) is 0 Å². The van der Waals surface area contributed by atoms with E-state index in [2.05, 4.69) is 72.6 Å². The number of amides is 1. The predicted molar refractivity (Wildman–Crippen MR) is 119 cm³/mol. The monoisotopic (exact) mass is 422 g/mol. The molecule has 0 radical (unpaired) electrons. The zero-order valence-corrected chi connectivity index (χ0v) is 18.4. The van der Waals surface area contributed by atoms with Crippen molar-refractivity contribution in [3.05, 3.63) is 59.7 Å². The zero-order valence-electron chi connectivity index (χ0n) is 17.5. The van der Waals surface area contributed by atoms with Crippen LogP contribution in [-0.4, -0.2) is 57.1 Å². The summed E-state index contributed by atoms with van der Waals surface area (Å²) in [6.07, 6.45) is 0. The summed E-state index contributed by atoms with van der Waals surface area (Å²) >= 11 is 1.45. The maximum absolute atomic E-state index is 12.9. The van der Waals surface area contributed by atoms with E-state index in [4.69, 9.17) is 4.74 Å². The van der Waals surface area contributed by atoms with Gasteiger partial charge in [-0.2, -0.15) is 0 Å². The van der Waals surface area contributed by atoms with E-state index in [0.29, 0.717) is 31.5 Å². The summed E-state index contributed by atoms with van der Waals surface area (Å²) in [7, 11) is 0. The Kier molecular flexibility index (Phi) is 6.20. The van der Waals surface area contributed by atoms with Crippen LogP contribution in [0.4, 0.5) is 0 Å². The summed E-state index contributed by atoms with van der Waals surface area (Å²) in [6, 6.07) is 16.5. The van der Waals surface area contributed by atoms with Gasteiger partial charge in [0.15, 0.2) is 11.0 Å². The third-order valence-electron chi connectivity index (χ3n) is 5.19. The number of rotatable bonds is 5. The van der Waals surface area contributed by atoms with Gasteiger partial charge in [-0.05, 0) is 32.9 Å². The molecule has 7 heteroatoms. The van der Waals surface area contributed by atoms with E-state index in [9.17, 15) is 4.79 Å². The second kappa shape index (κ2) is 9.02. The number of hydrogen-bond acceptors (Lipinski definition) is 5. The summed E-state index contributed by atoms with van der Waals surface area (Å²) in [6.45, 7) is 8.54. The lowest BCUT2D eigenvalue weighted by atomic mass is 10.1. The van der Waals surface area contributed by atoms with Gasteiger partial charge < -0.3 is 9.64 Å². The van der Waals surface area contributed by atoms with Crippen LogP contribution in [0.2, 0.25) is 0 Å². The van der Waals surface area contributed by atoms with Crippen LogP contribution in [-0.2, 0) is 9.53 Å². The Bertz CT molecular complexity index is 1010. The summed E-state index contributed by atoms with van der Waals surface area (Å²) < 4.78 is 7.41. The lowest BCUT2D eigenvalue weighted by Gasteiger charge is -2.28. The molecule has 3 aromatic rings. The fourth-order valence-corrected chi connectivity index (χ4v) is 4.36. The number of hydrogen-bond donors (Lipinski definition) is 0. The molecule has 0 N–H and O–H groups in total. The van der Waals surface area contributed by atoms with Gasteiger partial charge in [-0.25, -0.2) is 0 Å². The number of nitrogens with zero attached hydrogens (tertiary/aromatic N) is 4. The molecule has 6 nitrogen and oxygen atoms in total. The Morgan fingerprint density at radius 1 is 0.967 bits per heavy atom. The van der Waals surface area contributed by atoms with Crippen molar-refractivity contribution in [1.82, 2.24) is 19.7 Å².